The first-order chi connectivity index (χ1) is 8.33. The van der Waals surface area contributed by atoms with E-state index in [-0.39, 0.29) is 37.0 Å². The van der Waals surface area contributed by atoms with Gasteiger partial charge in [-0.05, 0) is 5.92 Å². The first-order valence-corrected chi connectivity index (χ1v) is 7.37. The summed E-state index contributed by atoms with van der Waals surface area (Å²) in [6.45, 7) is 4.46. The van der Waals surface area contributed by atoms with Gasteiger partial charge in [0.05, 0.1) is 12.4 Å². The molecule has 0 heterocycles. The molecule has 0 aromatic rings. The Morgan fingerprint density at radius 3 is 2.50 bits per heavy atom. The van der Waals surface area contributed by atoms with Crippen LogP contribution in [0.1, 0.15) is 20.3 Å². The summed E-state index contributed by atoms with van der Waals surface area (Å²) in [6, 6.07) is 0. The highest BCUT2D eigenvalue weighted by atomic mass is 32.2. The van der Waals surface area contributed by atoms with Crippen LogP contribution >= 0.6 is 0 Å². The second-order valence-corrected chi connectivity index (χ2v) is 6.42. The predicted octanol–water partition coefficient (Wildman–Crippen LogP) is 0.0571. The Morgan fingerprint density at radius 2 is 2.06 bits per heavy atom. The van der Waals surface area contributed by atoms with Crippen molar-refractivity contribution < 1.29 is 18.4 Å². The van der Waals surface area contributed by atoms with E-state index in [1.165, 1.54) is 11.4 Å². The minimum Gasteiger partial charge on any atom is -0.409 e. The van der Waals surface area contributed by atoms with Gasteiger partial charge in [-0.2, -0.15) is 4.31 Å². The molecule has 0 fully saturated rings. The van der Waals surface area contributed by atoms with Crippen molar-refractivity contribution in [1.82, 2.24) is 4.31 Å². The van der Waals surface area contributed by atoms with Crippen molar-refractivity contribution >= 4 is 15.9 Å². The molecule has 0 spiro atoms. The Hall–Kier alpha value is -0.860. The topological polar surface area (TPSA) is 105 Å². The normalized spacial score (nSPS) is 13.5. The highest BCUT2D eigenvalue weighted by Crippen LogP contribution is 2.08. The van der Waals surface area contributed by atoms with Crippen molar-refractivity contribution in [2.75, 3.05) is 32.6 Å². The summed E-state index contributed by atoms with van der Waals surface area (Å²) in [5.74, 6) is 0.133. The zero-order valence-electron chi connectivity index (χ0n) is 11.2. The highest BCUT2D eigenvalue weighted by Gasteiger charge is 2.22. The minimum atomic E-state index is -3.34. The number of methoxy groups -OCH3 is 1. The number of hydrogen-bond donors (Lipinski definition) is 2. The van der Waals surface area contributed by atoms with Crippen LogP contribution in [0.15, 0.2) is 5.16 Å². The van der Waals surface area contributed by atoms with Gasteiger partial charge >= 0.3 is 0 Å². The van der Waals surface area contributed by atoms with Gasteiger partial charge in [-0.15, -0.1) is 0 Å². The van der Waals surface area contributed by atoms with Gasteiger partial charge in [0.25, 0.3) is 0 Å². The molecule has 0 bridgehead atoms. The summed E-state index contributed by atoms with van der Waals surface area (Å²) in [7, 11) is -1.83. The molecule has 0 aliphatic carbocycles. The Balaban J connectivity index is 4.65. The first kappa shape index (κ1) is 17.1. The molecule has 7 nitrogen and oxygen atoms in total. The molecule has 0 unspecified atom stereocenters. The summed E-state index contributed by atoms with van der Waals surface area (Å²) in [6.07, 6.45) is 0.192. The number of nitrogens with two attached hydrogens (primary N) is 1. The molecule has 0 aromatic heterocycles. The van der Waals surface area contributed by atoms with Gasteiger partial charge < -0.3 is 15.7 Å². The number of rotatable bonds is 9. The van der Waals surface area contributed by atoms with Crippen molar-refractivity contribution in [3.8, 4) is 0 Å². The molecule has 0 aliphatic rings. The SMILES string of the molecule is COCCN(CCC(N)=NO)S(=O)(=O)CC(C)C. The molecule has 0 rings (SSSR count). The van der Waals surface area contributed by atoms with Gasteiger partial charge in [-0.3, -0.25) is 0 Å². The van der Waals surface area contributed by atoms with Gasteiger partial charge in [0.1, 0.15) is 5.84 Å². The van der Waals surface area contributed by atoms with Crippen LogP contribution in [-0.2, 0) is 14.8 Å². The molecule has 18 heavy (non-hydrogen) atoms. The largest absolute Gasteiger partial charge is 0.409 e. The van der Waals surface area contributed by atoms with Crippen LogP contribution in [0.3, 0.4) is 0 Å². The van der Waals surface area contributed by atoms with Crippen molar-refractivity contribution in [2.45, 2.75) is 20.3 Å². The smallest absolute Gasteiger partial charge is 0.214 e. The van der Waals surface area contributed by atoms with Crippen LogP contribution in [0.4, 0.5) is 0 Å². The zero-order valence-corrected chi connectivity index (χ0v) is 12.0. The zero-order chi connectivity index (χ0) is 14.2. The molecule has 0 aromatic carbocycles. The van der Waals surface area contributed by atoms with Crippen molar-refractivity contribution in [3.63, 3.8) is 0 Å². The molecule has 0 aliphatic heterocycles. The van der Waals surface area contributed by atoms with E-state index in [4.69, 9.17) is 15.7 Å². The number of sulfonamides is 1. The van der Waals surface area contributed by atoms with Gasteiger partial charge in [-0.1, -0.05) is 19.0 Å². The van der Waals surface area contributed by atoms with Gasteiger partial charge in [0.2, 0.25) is 10.0 Å². The maximum absolute atomic E-state index is 12.1. The third-order valence-electron chi connectivity index (χ3n) is 2.23. The molecule has 108 valence electrons. The molecule has 8 heteroatoms. The van der Waals surface area contributed by atoms with Crippen LogP contribution in [0.2, 0.25) is 0 Å². The average molecular weight is 281 g/mol. The van der Waals surface area contributed by atoms with Gasteiger partial charge in [-0.25, -0.2) is 8.42 Å². The third-order valence-corrected chi connectivity index (χ3v) is 4.47. The van der Waals surface area contributed by atoms with E-state index in [1.54, 1.807) is 0 Å². The van der Waals surface area contributed by atoms with Crippen LogP contribution in [-0.4, -0.2) is 56.3 Å². The Morgan fingerprint density at radius 1 is 1.44 bits per heavy atom. The molecular weight excluding hydrogens is 258 g/mol. The summed E-state index contributed by atoms with van der Waals surface area (Å²) in [4.78, 5) is 0. The van der Waals surface area contributed by atoms with E-state index in [0.29, 0.717) is 6.61 Å². The van der Waals surface area contributed by atoms with Gasteiger partial charge in [0.15, 0.2) is 0 Å². The standard InChI is InChI=1S/C10H23N3O4S/c1-9(2)8-18(15,16)13(6-7-17-3)5-4-10(11)12-14/h9,14H,4-8H2,1-3H3,(H2,11,12). The van der Waals surface area contributed by atoms with E-state index in [2.05, 4.69) is 5.16 Å². The maximum atomic E-state index is 12.1. The van der Waals surface area contributed by atoms with Crippen molar-refractivity contribution in [1.29, 1.82) is 0 Å². The second-order valence-electron chi connectivity index (χ2n) is 4.41. The lowest BCUT2D eigenvalue weighted by Gasteiger charge is -2.22. The molecule has 0 amide bonds. The molecule has 0 saturated carbocycles. The fourth-order valence-electron chi connectivity index (χ4n) is 1.40. The molecule has 0 atom stereocenters. The number of ether oxygens (including phenoxy) is 1. The van der Waals surface area contributed by atoms with Crippen LogP contribution in [0.25, 0.3) is 0 Å². The van der Waals surface area contributed by atoms with Crippen LogP contribution in [0.5, 0.6) is 0 Å². The number of nitrogens with zero attached hydrogens (tertiary/aromatic N) is 2. The first-order valence-electron chi connectivity index (χ1n) is 5.76. The average Bonchev–Trinajstić information content (AvgIpc) is 2.26. The maximum Gasteiger partial charge on any atom is 0.214 e. The van der Waals surface area contributed by atoms with E-state index in [1.807, 2.05) is 13.8 Å². The monoisotopic (exact) mass is 281 g/mol. The van der Waals surface area contributed by atoms with Crippen molar-refractivity contribution in [3.05, 3.63) is 0 Å². The number of hydrogen-bond acceptors (Lipinski definition) is 5. The Labute approximate surface area is 109 Å². The van der Waals surface area contributed by atoms with E-state index in [9.17, 15) is 8.42 Å². The lowest BCUT2D eigenvalue weighted by atomic mass is 10.3. The quantitative estimate of drug-likeness (QED) is 0.269. The summed E-state index contributed by atoms with van der Waals surface area (Å²) in [5.41, 5.74) is 5.34. The third kappa shape index (κ3) is 6.77. The lowest BCUT2D eigenvalue weighted by Crippen LogP contribution is -2.38. The van der Waals surface area contributed by atoms with E-state index < -0.39 is 10.0 Å². The van der Waals surface area contributed by atoms with E-state index >= 15 is 0 Å². The van der Waals surface area contributed by atoms with Crippen LogP contribution < -0.4 is 5.73 Å². The summed E-state index contributed by atoms with van der Waals surface area (Å²) >= 11 is 0. The molecular formula is C10H23N3O4S. The van der Waals surface area contributed by atoms with E-state index in [0.717, 1.165) is 0 Å². The predicted molar refractivity (Wildman–Crippen MR) is 70.1 cm³/mol. The van der Waals surface area contributed by atoms with Gasteiger partial charge in [0, 0.05) is 26.6 Å². The highest BCUT2D eigenvalue weighted by molar-refractivity contribution is 7.89. The number of amidine groups is 1. The van der Waals surface area contributed by atoms with Crippen LogP contribution in [0, 0.1) is 5.92 Å². The number of oxime groups is 1. The fraction of sp³-hybridized carbons (Fsp3) is 0.900. The molecule has 0 radical (unpaired) electrons. The summed E-state index contributed by atoms with van der Waals surface area (Å²) in [5, 5.41) is 11.3. The minimum absolute atomic E-state index is 0.0113. The molecule has 3 N–H and O–H groups in total. The Bertz CT molecular complexity index is 354. The fourth-order valence-corrected chi connectivity index (χ4v) is 3.17. The van der Waals surface area contributed by atoms with Crippen molar-refractivity contribution in [2.24, 2.45) is 16.8 Å². The molecule has 0 saturated heterocycles. The second kappa shape index (κ2) is 8.28. The summed E-state index contributed by atoms with van der Waals surface area (Å²) < 4.78 is 30.4. The lowest BCUT2D eigenvalue weighted by molar-refractivity contribution is 0.179. The Kier molecular flexibility index (Phi) is 7.88.